The molecule has 0 bridgehead atoms. The molecule has 0 amide bonds. The van der Waals surface area contributed by atoms with Crippen LogP contribution in [0.1, 0.15) is 5.56 Å². The first kappa shape index (κ1) is 22.2. The van der Waals surface area contributed by atoms with Gasteiger partial charge < -0.3 is 20.5 Å². The van der Waals surface area contributed by atoms with Gasteiger partial charge in [-0.1, -0.05) is 18.2 Å². The first-order valence-electron chi connectivity index (χ1n) is 9.01. The van der Waals surface area contributed by atoms with Gasteiger partial charge in [-0.2, -0.15) is 4.98 Å². The van der Waals surface area contributed by atoms with Gasteiger partial charge in [0.1, 0.15) is 11.6 Å². The van der Waals surface area contributed by atoms with Crippen LogP contribution in [0.4, 0.5) is 33.7 Å². The summed E-state index contributed by atoms with van der Waals surface area (Å²) >= 11 is 0. The maximum absolute atomic E-state index is 13.4. The van der Waals surface area contributed by atoms with Gasteiger partial charge in [0.15, 0.2) is 11.6 Å². The van der Waals surface area contributed by atoms with Crippen molar-refractivity contribution in [3.63, 3.8) is 0 Å². The van der Waals surface area contributed by atoms with Crippen LogP contribution >= 0.6 is 0 Å². The number of nitrogens with zero attached hydrogens (tertiary/aromatic N) is 2. The number of rotatable bonds is 8. The Kier molecular flexibility index (Phi) is 6.85. The maximum Gasteiger partial charge on any atom is 0.573 e. The number of ether oxygens (including phenoxy) is 1. The van der Waals surface area contributed by atoms with Crippen LogP contribution in [0.3, 0.4) is 0 Å². The molecule has 0 aliphatic carbocycles. The second-order valence-electron chi connectivity index (χ2n) is 6.29. The highest BCUT2D eigenvalue weighted by Crippen LogP contribution is 2.28. The van der Waals surface area contributed by atoms with Crippen molar-refractivity contribution >= 4 is 11.8 Å². The van der Waals surface area contributed by atoms with E-state index in [9.17, 15) is 22.0 Å². The highest BCUT2D eigenvalue weighted by molar-refractivity contribution is 5.66. The zero-order valence-electron chi connectivity index (χ0n) is 15.9. The second-order valence-corrected chi connectivity index (χ2v) is 6.29. The predicted octanol–water partition coefficient (Wildman–Crippen LogP) is 4.34. The third-order valence-electron chi connectivity index (χ3n) is 3.94. The average molecular weight is 440 g/mol. The van der Waals surface area contributed by atoms with Crippen molar-refractivity contribution in [3.05, 3.63) is 65.7 Å². The molecule has 0 fully saturated rings. The van der Waals surface area contributed by atoms with Gasteiger partial charge >= 0.3 is 6.36 Å². The van der Waals surface area contributed by atoms with Crippen LogP contribution in [0, 0.1) is 11.6 Å². The lowest BCUT2D eigenvalue weighted by Crippen LogP contribution is -2.17. The zero-order valence-corrected chi connectivity index (χ0v) is 15.9. The molecule has 0 saturated carbocycles. The fourth-order valence-corrected chi connectivity index (χ4v) is 2.63. The molecule has 1 aromatic heterocycles. The number of anilines is 2. The molecule has 31 heavy (non-hydrogen) atoms. The van der Waals surface area contributed by atoms with Crippen LogP contribution < -0.4 is 15.4 Å². The third-order valence-corrected chi connectivity index (χ3v) is 3.94. The first-order chi connectivity index (χ1) is 14.7. The van der Waals surface area contributed by atoms with Crippen molar-refractivity contribution < 1.29 is 31.8 Å². The molecule has 0 radical (unpaired) electrons. The smallest absolute Gasteiger partial charge is 0.406 e. The van der Waals surface area contributed by atoms with Gasteiger partial charge in [0.25, 0.3) is 0 Å². The Morgan fingerprint density at radius 1 is 0.935 bits per heavy atom. The minimum absolute atomic E-state index is 0.102. The normalized spacial score (nSPS) is 11.3. The van der Waals surface area contributed by atoms with Crippen LogP contribution in [0.5, 0.6) is 5.75 Å². The van der Waals surface area contributed by atoms with E-state index in [1.807, 2.05) is 0 Å². The van der Waals surface area contributed by atoms with Gasteiger partial charge in [-0.05, 0) is 29.8 Å². The number of alkyl halides is 3. The Hall–Kier alpha value is -3.47. The van der Waals surface area contributed by atoms with Crippen molar-refractivity contribution in [1.82, 2.24) is 9.97 Å². The van der Waals surface area contributed by atoms with Crippen molar-refractivity contribution in [2.45, 2.75) is 12.9 Å². The summed E-state index contributed by atoms with van der Waals surface area (Å²) < 4.78 is 68.0. The SMILES string of the molecule is OCCNc1nc(NCc2ccc(F)c(F)c2)cc(-c2cccc(OC(F)(F)F)c2)n1. The summed E-state index contributed by atoms with van der Waals surface area (Å²) in [5, 5.41) is 14.7. The topological polar surface area (TPSA) is 79.3 Å². The predicted molar refractivity (Wildman–Crippen MR) is 103 cm³/mol. The van der Waals surface area contributed by atoms with Gasteiger partial charge in [0, 0.05) is 24.7 Å². The van der Waals surface area contributed by atoms with Crippen LogP contribution in [0.2, 0.25) is 0 Å². The molecule has 0 saturated heterocycles. The standard InChI is InChI=1S/C20H17F5N4O2/c21-15-5-4-12(8-16(15)22)11-27-18-10-17(28-19(29-18)26-6-7-30)13-2-1-3-14(9-13)31-20(23,24)25/h1-5,8-10,30H,6-7,11H2,(H2,26,27,28,29). The highest BCUT2D eigenvalue weighted by atomic mass is 19.4. The molecule has 0 aliphatic rings. The van der Waals surface area contributed by atoms with Gasteiger partial charge in [0.05, 0.1) is 12.3 Å². The third kappa shape index (κ3) is 6.51. The molecule has 11 heteroatoms. The number of hydrogen-bond acceptors (Lipinski definition) is 6. The molecule has 0 atom stereocenters. The molecule has 3 N–H and O–H groups in total. The van der Waals surface area contributed by atoms with E-state index in [2.05, 4.69) is 25.3 Å². The van der Waals surface area contributed by atoms with E-state index in [0.29, 0.717) is 11.1 Å². The number of aliphatic hydroxyl groups is 1. The van der Waals surface area contributed by atoms with E-state index in [-0.39, 0.29) is 37.2 Å². The van der Waals surface area contributed by atoms with E-state index < -0.39 is 23.7 Å². The van der Waals surface area contributed by atoms with E-state index in [0.717, 1.165) is 18.2 Å². The van der Waals surface area contributed by atoms with Gasteiger partial charge in [-0.15, -0.1) is 13.2 Å². The molecule has 1 heterocycles. The number of hydrogen-bond donors (Lipinski definition) is 3. The van der Waals surface area contributed by atoms with E-state index in [4.69, 9.17) is 5.11 Å². The summed E-state index contributed by atoms with van der Waals surface area (Å²) in [6.45, 7) is 0.0493. The number of nitrogens with one attached hydrogen (secondary N) is 2. The van der Waals surface area contributed by atoms with E-state index >= 15 is 0 Å². The molecule has 0 spiro atoms. The summed E-state index contributed by atoms with van der Waals surface area (Å²) in [6, 6.07) is 10.2. The van der Waals surface area contributed by atoms with E-state index in [1.165, 1.54) is 24.3 Å². The Bertz CT molecular complexity index is 1050. The summed E-state index contributed by atoms with van der Waals surface area (Å²) in [5.74, 6) is -1.98. The van der Waals surface area contributed by atoms with Crippen LogP contribution in [0.15, 0.2) is 48.5 Å². The fraction of sp³-hybridized carbons (Fsp3) is 0.200. The van der Waals surface area contributed by atoms with Crippen molar-refractivity contribution in [2.24, 2.45) is 0 Å². The second kappa shape index (κ2) is 9.56. The minimum atomic E-state index is -4.84. The molecule has 0 aliphatic heterocycles. The lowest BCUT2D eigenvalue weighted by atomic mass is 10.1. The molecule has 3 aromatic rings. The van der Waals surface area contributed by atoms with Crippen LogP contribution in [-0.2, 0) is 6.54 Å². The summed E-state index contributed by atoms with van der Waals surface area (Å²) in [6.07, 6.45) is -4.84. The summed E-state index contributed by atoms with van der Waals surface area (Å²) in [4.78, 5) is 8.45. The summed E-state index contributed by atoms with van der Waals surface area (Å²) in [5.41, 5.74) is 1.05. The summed E-state index contributed by atoms with van der Waals surface area (Å²) in [7, 11) is 0. The van der Waals surface area contributed by atoms with Crippen molar-refractivity contribution in [1.29, 1.82) is 0 Å². The number of halogens is 5. The number of benzene rings is 2. The number of aromatic nitrogens is 2. The molecular formula is C20H17F5N4O2. The van der Waals surface area contributed by atoms with Crippen LogP contribution in [0.25, 0.3) is 11.3 Å². The Morgan fingerprint density at radius 2 is 1.74 bits per heavy atom. The maximum atomic E-state index is 13.4. The van der Waals surface area contributed by atoms with Gasteiger partial charge in [0.2, 0.25) is 5.95 Å². The Labute approximate surface area is 173 Å². The quantitative estimate of drug-likeness (QED) is 0.453. The molecule has 6 nitrogen and oxygen atoms in total. The molecule has 164 valence electrons. The van der Waals surface area contributed by atoms with Gasteiger partial charge in [-0.3, -0.25) is 0 Å². The Morgan fingerprint density at radius 3 is 2.45 bits per heavy atom. The van der Waals surface area contributed by atoms with Crippen molar-refractivity contribution in [3.8, 4) is 17.0 Å². The number of aliphatic hydroxyl groups excluding tert-OH is 1. The van der Waals surface area contributed by atoms with Crippen LogP contribution in [-0.4, -0.2) is 34.6 Å². The molecule has 0 unspecified atom stereocenters. The average Bonchev–Trinajstić information content (AvgIpc) is 2.72. The lowest BCUT2D eigenvalue weighted by Gasteiger charge is -2.13. The molecule has 2 aromatic carbocycles. The largest absolute Gasteiger partial charge is 0.573 e. The first-order valence-corrected chi connectivity index (χ1v) is 9.01. The van der Waals surface area contributed by atoms with E-state index in [1.54, 1.807) is 6.07 Å². The Balaban J connectivity index is 1.87. The highest BCUT2D eigenvalue weighted by Gasteiger charge is 2.31. The monoisotopic (exact) mass is 440 g/mol. The molecular weight excluding hydrogens is 423 g/mol. The minimum Gasteiger partial charge on any atom is -0.406 e. The zero-order chi connectivity index (χ0) is 22.4. The fourth-order valence-electron chi connectivity index (χ4n) is 2.63. The lowest BCUT2D eigenvalue weighted by molar-refractivity contribution is -0.274. The van der Waals surface area contributed by atoms with Gasteiger partial charge in [-0.25, -0.2) is 13.8 Å². The van der Waals surface area contributed by atoms with Crippen molar-refractivity contribution in [2.75, 3.05) is 23.8 Å². The molecule has 3 rings (SSSR count).